The molecule has 2 fully saturated rings. The van der Waals surface area contributed by atoms with Crippen LogP contribution in [0.5, 0.6) is 0 Å². The Bertz CT molecular complexity index is 2680. The Hall–Kier alpha value is -6.10. The molecule has 15 nitrogen and oxygen atoms in total. The molecule has 63 heavy (non-hydrogen) atoms. The second kappa shape index (κ2) is 17.6. The summed E-state index contributed by atoms with van der Waals surface area (Å²) < 4.78 is 15.6. The molecule has 5 aromatic rings. The van der Waals surface area contributed by atoms with Crippen LogP contribution in [0.1, 0.15) is 50.5 Å². The van der Waals surface area contributed by atoms with Gasteiger partial charge in [0.1, 0.15) is 17.9 Å². The van der Waals surface area contributed by atoms with E-state index in [4.69, 9.17) is 24.2 Å². The molecule has 4 N–H and O–H groups in total. The van der Waals surface area contributed by atoms with E-state index in [1.165, 1.54) is 21.3 Å². The molecule has 1 aromatic heterocycles. The van der Waals surface area contributed by atoms with E-state index < -0.39 is 44.6 Å². The number of benzene rings is 4. The van der Waals surface area contributed by atoms with Crippen molar-refractivity contribution in [3.63, 3.8) is 0 Å². The van der Waals surface area contributed by atoms with E-state index in [1.54, 1.807) is 18.7 Å². The second-order valence-electron chi connectivity index (χ2n) is 17.7. The molecule has 4 aromatic carbocycles. The number of H-pyrrole nitrogens is 1. The molecule has 6 atom stereocenters. The highest BCUT2D eigenvalue weighted by atomic mass is 28.3. The van der Waals surface area contributed by atoms with E-state index in [-0.39, 0.29) is 23.9 Å². The Morgan fingerprint density at radius 2 is 1.43 bits per heavy atom. The molecule has 0 aliphatic carbocycles. The first-order valence-corrected chi connectivity index (χ1v) is 24.8. The van der Waals surface area contributed by atoms with Crippen molar-refractivity contribution in [2.75, 3.05) is 34.0 Å². The monoisotopic (exact) mass is 873 g/mol. The predicted octanol–water partition coefficient (Wildman–Crippen LogP) is 7.27. The molecular weight excluding hydrogens is 819 g/mol. The Labute approximate surface area is 366 Å². The van der Waals surface area contributed by atoms with Crippen molar-refractivity contribution >= 4 is 75.9 Å². The zero-order valence-corrected chi connectivity index (χ0v) is 37.7. The molecule has 3 aliphatic heterocycles. The molecule has 0 spiro atoms. The topological polar surface area (TPSA) is 188 Å². The fourth-order valence-corrected chi connectivity index (χ4v) is 12.3. The number of rotatable bonds is 12. The van der Waals surface area contributed by atoms with E-state index in [0.29, 0.717) is 25.0 Å². The van der Waals surface area contributed by atoms with E-state index in [0.717, 1.165) is 79.4 Å². The number of hydrogen-bond acceptors (Lipinski definition) is 9. The average molecular weight is 874 g/mol. The third kappa shape index (κ3) is 8.66. The SMILES string of the molecule is COC(=O)NC(C(=O)N1CCC[C@H]1C1=NC=C(c2ccc3cc(-c4ccc5c(ccc6[nH]c([C@@H]7C[Si](C)(C)CN7C(=O)[C@@H](NC(=O)O)C(C)OC)nc65)c4)ccc3c2)C1)[C@H](C)OC. The van der Waals surface area contributed by atoms with Gasteiger partial charge in [-0.1, -0.05) is 55.6 Å². The summed E-state index contributed by atoms with van der Waals surface area (Å²) in [5, 5.41) is 18.8. The average Bonchev–Trinajstić information content (AvgIpc) is 4.11. The molecule has 0 radical (unpaired) electrons. The Morgan fingerprint density at radius 1 is 0.810 bits per heavy atom. The van der Waals surface area contributed by atoms with E-state index in [9.17, 15) is 24.3 Å². The largest absolute Gasteiger partial charge is 0.465 e. The summed E-state index contributed by atoms with van der Waals surface area (Å²) in [6.07, 6.45) is 1.63. The summed E-state index contributed by atoms with van der Waals surface area (Å²) in [5.41, 5.74) is 6.96. The van der Waals surface area contributed by atoms with Crippen LogP contribution in [0.4, 0.5) is 9.59 Å². The molecule has 0 saturated carbocycles. The lowest BCUT2D eigenvalue weighted by Crippen LogP contribution is -2.56. The van der Waals surface area contributed by atoms with Crippen molar-refractivity contribution in [3.05, 3.63) is 84.3 Å². The number of aromatic amines is 1. The van der Waals surface area contributed by atoms with Crippen LogP contribution < -0.4 is 10.6 Å². The number of ether oxygens (including phenoxy) is 3. The molecule has 0 bridgehead atoms. The highest BCUT2D eigenvalue weighted by molar-refractivity contribution is 6.78. The van der Waals surface area contributed by atoms with Crippen LogP contribution >= 0.6 is 0 Å². The highest BCUT2D eigenvalue weighted by Gasteiger charge is 2.46. The number of likely N-dealkylation sites (tertiary alicyclic amines) is 1. The number of amides is 4. The maximum atomic E-state index is 13.9. The highest BCUT2D eigenvalue weighted by Crippen LogP contribution is 2.40. The molecule has 16 heteroatoms. The number of imidazole rings is 1. The van der Waals surface area contributed by atoms with Crippen molar-refractivity contribution in [2.45, 2.75) is 88.6 Å². The van der Waals surface area contributed by atoms with Crippen molar-refractivity contribution < 1.29 is 38.5 Å². The number of nitrogens with one attached hydrogen (secondary N) is 3. The fraction of sp³-hybridized carbons (Fsp3) is 0.404. The van der Waals surface area contributed by atoms with Crippen LogP contribution in [-0.4, -0.2) is 127 Å². The van der Waals surface area contributed by atoms with Crippen LogP contribution in [-0.2, 0) is 23.8 Å². The number of methoxy groups -OCH3 is 3. The van der Waals surface area contributed by atoms with Gasteiger partial charge in [-0.25, -0.2) is 14.6 Å². The molecule has 3 aliphatic rings. The number of allylic oxidation sites excluding steroid dienone is 1. The van der Waals surface area contributed by atoms with Crippen LogP contribution in [0.3, 0.4) is 0 Å². The van der Waals surface area contributed by atoms with Gasteiger partial charge in [0.15, 0.2) is 0 Å². The van der Waals surface area contributed by atoms with Crippen molar-refractivity contribution in [1.29, 1.82) is 0 Å². The van der Waals surface area contributed by atoms with Crippen molar-refractivity contribution in [1.82, 2.24) is 30.4 Å². The van der Waals surface area contributed by atoms with Gasteiger partial charge in [-0.05, 0) is 95.4 Å². The summed E-state index contributed by atoms with van der Waals surface area (Å²) in [5.74, 6) is 0.178. The van der Waals surface area contributed by atoms with Gasteiger partial charge < -0.3 is 44.7 Å². The molecular formula is C47H55N7O8Si. The zero-order valence-electron chi connectivity index (χ0n) is 36.7. The van der Waals surface area contributed by atoms with Gasteiger partial charge in [-0.3, -0.25) is 14.6 Å². The zero-order chi connectivity index (χ0) is 44.7. The van der Waals surface area contributed by atoms with E-state index in [2.05, 4.69) is 89.4 Å². The number of nitrogens with zero attached hydrogens (tertiary/aromatic N) is 4. The second-order valence-corrected chi connectivity index (χ2v) is 22.8. The van der Waals surface area contributed by atoms with Crippen LogP contribution in [0.15, 0.2) is 77.9 Å². The number of carboxylic acid groups (broad SMARTS) is 1. The smallest absolute Gasteiger partial charge is 0.407 e. The summed E-state index contributed by atoms with van der Waals surface area (Å²) in [4.78, 5) is 68.4. The number of alkyl carbamates (subject to hydrolysis) is 1. The lowest BCUT2D eigenvalue weighted by molar-refractivity contribution is -0.137. The Balaban J connectivity index is 0.985. The molecule has 2 unspecified atom stereocenters. The fourth-order valence-electron chi connectivity index (χ4n) is 9.44. The predicted molar refractivity (Wildman–Crippen MR) is 245 cm³/mol. The van der Waals surface area contributed by atoms with E-state index >= 15 is 0 Å². The minimum absolute atomic E-state index is 0.163. The number of carbonyl (C=O) groups is 4. The molecule has 2 saturated heterocycles. The van der Waals surface area contributed by atoms with Gasteiger partial charge in [-0.2, -0.15) is 0 Å². The van der Waals surface area contributed by atoms with Gasteiger partial charge in [0.05, 0.1) is 50.5 Å². The number of aromatic nitrogens is 2. The third-order valence-electron chi connectivity index (χ3n) is 13.0. The number of aliphatic imine (C=N–C) groups is 1. The minimum atomic E-state index is -1.85. The lowest BCUT2D eigenvalue weighted by atomic mass is 9.94. The van der Waals surface area contributed by atoms with Crippen LogP contribution in [0, 0.1) is 0 Å². The molecule has 330 valence electrons. The van der Waals surface area contributed by atoms with Gasteiger partial charge in [0.2, 0.25) is 11.8 Å². The lowest BCUT2D eigenvalue weighted by Gasteiger charge is -2.31. The standard InChI is InChI=1S/C47H55N7O8Si/c1-26(60-3)40(51-46(57)58)45(56)54-25-63(6,7)24-39(54)43-49-36-17-15-33-21-31(14-16-35(33)42(36)50-43)29-10-11-30-20-32(13-12-28(30)19-29)34-22-37(48-23-34)38-9-8-18-53(38)44(55)41(27(2)61-4)52-47(59)62-5/h10-17,19-21,23,26-27,38-41,51H,8-9,18,22,24-25H2,1-7H3,(H,49,50)(H,52,59)(H,57,58)/t26?,27-,38-,39-,40-,41?/m0/s1. The number of hydrogen-bond donors (Lipinski definition) is 4. The van der Waals surface area contributed by atoms with Crippen LogP contribution in [0.25, 0.3) is 49.3 Å². The van der Waals surface area contributed by atoms with Crippen molar-refractivity contribution in [3.8, 4) is 11.1 Å². The van der Waals surface area contributed by atoms with Crippen molar-refractivity contribution in [2.24, 2.45) is 4.99 Å². The van der Waals surface area contributed by atoms with Gasteiger partial charge in [0.25, 0.3) is 0 Å². The molecule has 8 rings (SSSR count). The van der Waals surface area contributed by atoms with Gasteiger partial charge >= 0.3 is 12.2 Å². The van der Waals surface area contributed by atoms with Crippen LogP contribution in [0.2, 0.25) is 19.1 Å². The summed E-state index contributed by atoms with van der Waals surface area (Å²) in [6.45, 7) is 8.49. The first kappa shape index (κ1) is 43.5. The summed E-state index contributed by atoms with van der Waals surface area (Å²) in [7, 11) is 2.40. The maximum absolute atomic E-state index is 13.9. The van der Waals surface area contributed by atoms with Gasteiger partial charge in [0, 0.05) is 50.7 Å². The Morgan fingerprint density at radius 3 is 2.11 bits per heavy atom. The van der Waals surface area contributed by atoms with Gasteiger partial charge in [-0.15, -0.1) is 0 Å². The molecule has 4 heterocycles. The number of fused-ring (bicyclic) bond motifs is 4. The maximum Gasteiger partial charge on any atom is 0.407 e. The first-order valence-electron chi connectivity index (χ1n) is 21.4. The molecule has 4 amide bonds. The number of carbonyl (C=O) groups excluding carboxylic acids is 3. The van der Waals surface area contributed by atoms with E-state index in [1.807, 2.05) is 17.2 Å². The Kier molecular flexibility index (Phi) is 12.1. The summed E-state index contributed by atoms with van der Waals surface area (Å²) in [6, 6.07) is 21.9. The minimum Gasteiger partial charge on any atom is -0.465 e. The first-order chi connectivity index (χ1) is 30.2. The normalized spacial score (nSPS) is 20.4. The third-order valence-corrected chi connectivity index (χ3v) is 15.7. The summed E-state index contributed by atoms with van der Waals surface area (Å²) >= 11 is 0. The quantitative estimate of drug-likeness (QED) is 0.0935.